The van der Waals surface area contributed by atoms with Crippen molar-refractivity contribution in [3.05, 3.63) is 0 Å². The van der Waals surface area contributed by atoms with Crippen molar-refractivity contribution >= 4 is 39.3 Å². The first-order valence-corrected chi connectivity index (χ1v) is 11.1. The zero-order chi connectivity index (χ0) is 15.9. The van der Waals surface area contributed by atoms with Crippen LogP contribution in [0.1, 0.15) is 78.1 Å². The van der Waals surface area contributed by atoms with E-state index in [0.29, 0.717) is 0 Å². The minimum Gasteiger partial charge on any atom is -0.210 e. The van der Waals surface area contributed by atoms with Crippen LogP contribution in [0.3, 0.4) is 0 Å². The molecule has 0 saturated carbocycles. The Morgan fingerprint density at radius 2 is 1.52 bits per heavy atom. The summed E-state index contributed by atoms with van der Waals surface area (Å²) in [7, 11) is -0.326. The lowest BCUT2D eigenvalue weighted by molar-refractivity contribution is 0.563. The molecule has 0 radical (unpaired) electrons. The molecule has 0 aliphatic rings. The highest BCUT2D eigenvalue weighted by Crippen LogP contribution is 2.33. The Morgan fingerprint density at radius 1 is 1.05 bits per heavy atom. The fourth-order valence-corrected chi connectivity index (χ4v) is 5.35. The number of rotatable bonds is 13. The van der Waals surface area contributed by atoms with Crippen molar-refractivity contribution in [1.29, 1.82) is 5.26 Å². The largest absolute Gasteiger partial charge is 0.210 e. The van der Waals surface area contributed by atoms with Crippen LogP contribution in [-0.2, 0) is 0 Å². The molecule has 0 rings (SSSR count). The first-order chi connectivity index (χ1) is 10.1. The monoisotopic (exact) mass is 347 g/mol. The predicted octanol–water partition coefficient (Wildman–Crippen LogP) is 6.28. The highest BCUT2D eigenvalue weighted by molar-refractivity contribution is 8.50. The SMILES string of the molecule is CCCCCCCCCCCC[SH](CC(C)C#N)C(=S)S. The van der Waals surface area contributed by atoms with Gasteiger partial charge in [0.2, 0.25) is 0 Å². The summed E-state index contributed by atoms with van der Waals surface area (Å²) in [5.74, 6) is 2.22. The van der Waals surface area contributed by atoms with Gasteiger partial charge in [0.25, 0.3) is 0 Å². The molecular formula is C17H33NS3. The van der Waals surface area contributed by atoms with E-state index in [1.54, 1.807) is 0 Å². The second kappa shape index (κ2) is 15.2. The Morgan fingerprint density at radius 3 is 1.95 bits per heavy atom. The van der Waals surface area contributed by atoms with Crippen LogP contribution in [0.25, 0.3) is 0 Å². The van der Waals surface area contributed by atoms with Gasteiger partial charge in [-0.3, -0.25) is 0 Å². The summed E-state index contributed by atoms with van der Waals surface area (Å²) in [5, 5.41) is 8.90. The third-order valence-electron chi connectivity index (χ3n) is 3.77. The van der Waals surface area contributed by atoms with Gasteiger partial charge in [0.05, 0.1) is 15.5 Å². The summed E-state index contributed by atoms with van der Waals surface area (Å²) >= 11 is 9.59. The van der Waals surface area contributed by atoms with Crippen LogP contribution in [0.15, 0.2) is 0 Å². The Kier molecular flexibility index (Phi) is 15.4. The molecule has 124 valence electrons. The maximum atomic E-state index is 8.90. The maximum absolute atomic E-state index is 8.90. The molecule has 4 heteroatoms. The molecule has 0 aliphatic carbocycles. The molecule has 0 amide bonds. The maximum Gasteiger partial charge on any atom is 0.0812 e. The van der Waals surface area contributed by atoms with Crippen molar-refractivity contribution < 1.29 is 0 Å². The van der Waals surface area contributed by atoms with Gasteiger partial charge in [0.15, 0.2) is 0 Å². The first-order valence-electron chi connectivity index (χ1n) is 8.49. The molecule has 21 heavy (non-hydrogen) atoms. The number of unbranched alkanes of at least 4 members (excludes halogenated alkanes) is 9. The van der Waals surface area contributed by atoms with Crippen LogP contribution in [0.4, 0.5) is 0 Å². The van der Waals surface area contributed by atoms with Crippen molar-refractivity contribution in [2.24, 2.45) is 5.92 Å². The van der Waals surface area contributed by atoms with Crippen LogP contribution in [0.5, 0.6) is 0 Å². The topological polar surface area (TPSA) is 23.8 Å². The number of nitrogens with zero attached hydrogens (tertiary/aromatic N) is 1. The van der Waals surface area contributed by atoms with Crippen LogP contribution >= 0.6 is 35.7 Å². The van der Waals surface area contributed by atoms with Gasteiger partial charge in [-0.15, -0.1) is 12.6 Å². The van der Waals surface area contributed by atoms with E-state index in [4.69, 9.17) is 17.5 Å². The number of nitriles is 1. The van der Waals surface area contributed by atoms with Gasteiger partial charge < -0.3 is 0 Å². The first kappa shape index (κ1) is 21.3. The molecule has 0 aromatic heterocycles. The van der Waals surface area contributed by atoms with Crippen molar-refractivity contribution in [2.45, 2.75) is 78.1 Å². The average Bonchev–Trinajstić information content (AvgIpc) is 2.47. The standard InChI is InChI=1S/C17H33NS3/c1-3-4-5-6-7-8-9-10-11-12-13-21(17(19)20)15-16(2)14-18/h16,21H,3-13,15H2,1-2H3,(H,19,20). The van der Waals surface area contributed by atoms with Crippen molar-refractivity contribution in [3.8, 4) is 6.07 Å². The number of hydrogen-bond donors (Lipinski definition) is 2. The Balaban J connectivity index is 3.50. The lowest BCUT2D eigenvalue weighted by atomic mass is 10.1. The van der Waals surface area contributed by atoms with Crippen LogP contribution in [-0.4, -0.2) is 15.0 Å². The minimum atomic E-state index is -0.326. The van der Waals surface area contributed by atoms with E-state index in [-0.39, 0.29) is 16.8 Å². The number of hydrogen-bond acceptors (Lipinski definition) is 2. The van der Waals surface area contributed by atoms with E-state index in [1.807, 2.05) is 6.92 Å². The Bertz CT molecular complexity index is 299. The van der Waals surface area contributed by atoms with E-state index in [2.05, 4.69) is 25.6 Å². The van der Waals surface area contributed by atoms with Crippen molar-refractivity contribution in [2.75, 3.05) is 11.5 Å². The van der Waals surface area contributed by atoms with E-state index >= 15 is 0 Å². The fourth-order valence-electron chi connectivity index (χ4n) is 2.43. The molecular weight excluding hydrogens is 314 g/mol. The molecule has 2 atom stereocenters. The zero-order valence-corrected chi connectivity index (χ0v) is 16.4. The normalized spacial score (nSPS) is 14.5. The highest BCUT2D eigenvalue weighted by atomic mass is 32.3. The molecule has 0 aromatic carbocycles. The zero-order valence-electron chi connectivity index (χ0n) is 13.8. The molecule has 0 bridgehead atoms. The van der Waals surface area contributed by atoms with Gasteiger partial charge in [-0.2, -0.15) is 5.26 Å². The van der Waals surface area contributed by atoms with E-state index in [1.165, 1.54) is 70.0 Å². The molecule has 0 fully saturated rings. The van der Waals surface area contributed by atoms with Crippen molar-refractivity contribution in [1.82, 2.24) is 0 Å². The molecule has 0 aromatic rings. The number of thiol groups is 2. The van der Waals surface area contributed by atoms with Crippen LogP contribution in [0, 0.1) is 17.2 Å². The highest BCUT2D eigenvalue weighted by Gasteiger charge is 2.11. The quantitative estimate of drug-likeness (QED) is 0.232. The fraction of sp³-hybridized carbons (Fsp3) is 0.882. The van der Waals surface area contributed by atoms with Gasteiger partial charge in [0, 0.05) is 0 Å². The van der Waals surface area contributed by atoms with E-state index in [9.17, 15) is 0 Å². The second-order valence-electron chi connectivity index (χ2n) is 5.94. The molecule has 0 heterocycles. The van der Waals surface area contributed by atoms with Crippen LogP contribution < -0.4 is 0 Å². The third kappa shape index (κ3) is 13.7. The summed E-state index contributed by atoms with van der Waals surface area (Å²) in [6.45, 7) is 4.25. The number of thiocarbonyl (C=S) groups is 1. The van der Waals surface area contributed by atoms with Gasteiger partial charge in [0.1, 0.15) is 0 Å². The minimum absolute atomic E-state index is 0.115. The van der Waals surface area contributed by atoms with Gasteiger partial charge >= 0.3 is 0 Å². The molecule has 2 unspecified atom stereocenters. The Hall–Kier alpha value is 0.280. The van der Waals surface area contributed by atoms with E-state index < -0.39 is 0 Å². The van der Waals surface area contributed by atoms with Gasteiger partial charge in [-0.25, -0.2) is 10.9 Å². The van der Waals surface area contributed by atoms with Crippen LogP contribution in [0.2, 0.25) is 0 Å². The molecule has 0 aliphatic heterocycles. The smallest absolute Gasteiger partial charge is 0.0812 e. The summed E-state index contributed by atoms with van der Waals surface area (Å²) in [4.78, 5) is 0. The van der Waals surface area contributed by atoms with Gasteiger partial charge in [-0.1, -0.05) is 76.9 Å². The lowest BCUT2D eigenvalue weighted by Gasteiger charge is -2.20. The summed E-state index contributed by atoms with van der Waals surface area (Å²) < 4.78 is 0.850. The lowest BCUT2D eigenvalue weighted by Crippen LogP contribution is -2.06. The van der Waals surface area contributed by atoms with Gasteiger partial charge in [-0.05, 0) is 24.9 Å². The third-order valence-corrected chi connectivity index (χ3v) is 7.78. The van der Waals surface area contributed by atoms with Crippen molar-refractivity contribution in [3.63, 3.8) is 0 Å². The Labute approximate surface area is 146 Å². The molecule has 0 saturated heterocycles. The predicted molar refractivity (Wildman–Crippen MR) is 107 cm³/mol. The summed E-state index contributed by atoms with van der Waals surface area (Å²) in [5.41, 5.74) is 0. The summed E-state index contributed by atoms with van der Waals surface area (Å²) in [6.07, 6.45) is 13.7. The average molecular weight is 348 g/mol. The second-order valence-corrected chi connectivity index (χ2v) is 10.1. The molecule has 0 N–H and O–H groups in total. The van der Waals surface area contributed by atoms with E-state index in [0.717, 1.165) is 9.28 Å². The molecule has 0 spiro atoms. The summed E-state index contributed by atoms with van der Waals surface area (Å²) in [6, 6.07) is 2.31. The molecule has 1 nitrogen and oxygen atoms in total.